The van der Waals surface area contributed by atoms with E-state index in [0.29, 0.717) is 5.82 Å². The molecular weight excluding hydrogens is 448 g/mol. The SMILES string of the molecule is C[C@@H](Nc1cc(C(F)(F)F)cn2nc(C3=CCCCC3)nc12)c1cc(N)cc(C(F)(F)F)c1. The lowest BCUT2D eigenvalue weighted by Crippen LogP contribution is -2.13. The lowest BCUT2D eigenvalue weighted by Gasteiger charge is -2.19. The van der Waals surface area contributed by atoms with Crippen molar-refractivity contribution < 1.29 is 26.3 Å². The number of nitrogens with zero attached hydrogens (tertiary/aromatic N) is 3. The van der Waals surface area contributed by atoms with Gasteiger partial charge in [0, 0.05) is 17.9 Å². The summed E-state index contributed by atoms with van der Waals surface area (Å²) in [4.78, 5) is 4.43. The van der Waals surface area contributed by atoms with E-state index in [9.17, 15) is 26.3 Å². The normalized spacial score (nSPS) is 16.0. The van der Waals surface area contributed by atoms with Crippen LogP contribution in [0.1, 0.15) is 61.2 Å². The Morgan fingerprint density at radius 3 is 2.36 bits per heavy atom. The summed E-state index contributed by atoms with van der Waals surface area (Å²) in [5.74, 6) is 0.341. The van der Waals surface area contributed by atoms with Crippen molar-refractivity contribution in [2.24, 2.45) is 0 Å². The molecule has 0 fully saturated rings. The molecule has 1 aliphatic carbocycles. The summed E-state index contributed by atoms with van der Waals surface area (Å²) in [7, 11) is 0. The Balaban J connectivity index is 1.76. The molecule has 2 heterocycles. The Labute approximate surface area is 185 Å². The number of aromatic nitrogens is 3. The third-order valence-electron chi connectivity index (χ3n) is 5.52. The lowest BCUT2D eigenvalue weighted by atomic mass is 9.99. The van der Waals surface area contributed by atoms with Crippen molar-refractivity contribution in [3.05, 3.63) is 59.1 Å². The van der Waals surface area contributed by atoms with Gasteiger partial charge < -0.3 is 11.1 Å². The van der Waals surface area contributed by atoms with Crippen LogP contribution < -0.4 is 11.1 Å². The number of hydrogen-bond donors (Lipinski definition) is 2. The summed E-state index contributed by atoms with van der Waals surface area (Å²) in [6.07, 6.45) is -2.89. The summed E-state index contributed by atoms with van der Waals surface area (Å²) < 4.78 is 81.1. The zero-order valence-corrected chi connectivity index (χ0v) is 17.6. The van der Waals surface area contributed by atoms with Crippen LogP contribution >= 0.6 is 0 Å². The van der Waals surface area contributed by atoms with Gasteiger partial charge in [-0.25, -0.2) is 9.50 Å². The van der Waals surface area contributed by atoms with Crippen LogP contribution in [0.25, 0.3) is 11.2 Å². The van der Waals surface area contributed by atoms with Crippen molar-refractivity contribution in [3.63, 3.8) is 0 Å². The fraction of sp³-hybridized carbons (Fsp3) is 0.364. The van der Waals surface area contributed by atoms with E-state index >= 15 is 0 Å². The molecule has 0 bridgehead atoms. The van der Waals surface area contributed by atoms with Crippen molar-refractivity contribution in [2.75, 3.05) is 11.1 Å². The van der Waals surface area contributed by atoms with E-state index in [0.717, 1.165) is 60.2 Å². The standard InChI is InChI=1S/C22H21F6N5/c1-12(14-7-15(21(23,24)25)9-17(29)8-14)30-18-10-16(22(26,27)28)11-33-20(18)31-19(32-33)13-5-3-2-4-6-13/h5,7-12,30H,2-4,6,29H2,1H3/t12-/m1/s1. The monoisotopic (exact) mass is 469 g/mol. The van der Waals surface area contributed by atoms with Crippen molar-refractivity contribution in [3.8, 4) is 0 Å². The molecule has 4 rings (SSSR count). The fourth-order valence-corrected chi connectivity index (χ4v) is 3.83. The number of anilines is 2. The van der Waals surface area contributed by atoms with E-state index in [1.54, 1.807) is 0 Å². The second-order valence-corrected chi connectivity index (χ2v) is 8.07. The number of rotatable bonds is 4. The minimum atomic E-state index is -4.65. The van der Waals surface area contributed by atoms with Crippen LogP contribution in [-0.4, -0.2) is 14.6 Å². The largest absolute Gasteiger partial charge is 0.417 e. The molecule has 0 unspecified atom stereocenters. The number of pyridine rings is 1. The highest BCUT2D eigenvalue weighted by molar-refractivity contribution is 5.72. The molecule has 1 atom stereocenters. The Kier molecular flexibility index (Phi) is 5.75. The zero-order chi connectivity index (χ0) is 24.0. The van der Waals surface area contributed by atoms with Crippen LogP contribution in [0.5, 0.6) is 0 Å². The molecule has 3 N–H and O–H groups in total. The Hall–Kier alpha value is -3.24. The molecule has 3 aromatic rings. The average molecular weight is 469 g/mol. The number of alkyl halides is 6. The van der Waals surface area contributed by atoms with Gasteiger partial charge in [0.15, 0.2) is 11.5 Å². The first-order valence-corrected chi connectivity index (χ1v) is 10.3. The van der Waals surface area contributed by atoms with Crippen LogP contribution in [-0.2, 0) is 12.4 Å². The van der Waals surface area contributed by atoms with E-state index in [1.165, 1.54) is 13.0 Å². The van der Waals surface area contributed by atoms with Crippen molar-refractivity contribution in [1.29, 1.82) is 0 Å². The summed E-state index contributed by atoms with van der Waals surface area (Å²) in [6, 6.07) is 3.16. The molecule has 1 aromatic carbocycles. The number of nitrogens with one attached hydrogen (secondary N) is 1. The van der Waals surface area contributed by atoms with Gasteiger partial charge >= 0.3 is 12.4 Å². The second kappa shape index (κ2) is 8.27. The molecule has 0 saturated heterocycles. The molecule has 0 saturated carbocycles. The van der Waals surface area contributed by atoms with Gasteiger partial charge in [-0.3, -0.25) is 0 Å². The minimum absolute atomic E-state index is 0.00321. The molecular formula is C22H21F6N5. The predicted molar refractivity (Wildman–Crippen MR) is 112 cm³/mol. The highest BCUT2D eigenvalue weighted by Crippen LogP contribution is 2.36. The van der Waals surface area contributed by atoms with Gasteiger partial charge in [0.25, 0.3) is 0 Å². The number of nitrogen functional groups attached to an aromatic ring is 1. The quantitative estimate of drug-likeness (QED) is 0.339. The van der Waals surface area contributed by atoms with Crippen LogP contribution in [0, 0.1) is 0 Å². The van der Waals surface area contributed by atoms with E-state index in [2.05, 4.69) is 15.4 Å². The molecule has 2 aromatic heterocycles. The number of benzene rings is 1. The molecule has 11 heteroatoms. The number of halogens is 6. The summed E-state index contributed by atoms with van der Waals surface area (Å²) >= 11 is 0. The lowest BCUT2D eigenvalue weighted by molar-refractivity contribution is -0.138. The Morgan fingerprint density at radius 1 is 1.00 bits per heavy atom. The minimum Gasteiger partial charge on any atom is -0.399 e. The number of fused-ring (bicyclic) bond motifs is 1. The van der Waals surface area contributed by atoms with Crippen molar-refractivity contribution in [2.45, 2.75) is 51.0 Å². The van der Waals surface area contributed by atoms with Gasteiger partial charge in [0.1, 0.15) is 0 Å². The number of nitrogens with two attached hydrogens (primary N) is 1. The maximum Gasteiger partial charge on any atom is 0.417 e. The molecule has 0 spiro atoms. The second-order valence-electron chi connectivity index (χ2n) is 8.07. The van der Waals surface area contributed by atoms with Gasteiger partial charge in [-0.2, -0.15) is 26.3 Å². The third kappa shape index (κ3) is 4.91. The summed E-state index contributed by atoms with van der Waals surface area (Å²) in [6.45, 7) is 1.53. The highest BCUT2D eigenvalue weighted by atomic mass is 19.4. The predicted octanol–water partition coefficient (Wildman–Crippen LogP) is 6.48. The maximum absolute atomic E-state index is 13.5. The third-order valence-corrected chi connectivity index (χ3v) is 5.52. The van der Waals surface area contributed by atoms with Gasteiger partial charge in [-0.1, -0.05) is 6.08 Å². The number of hydrogen-bond acceptors (Lipinski definition) is 4. The Morgan fingerprint density at radius 2 is 1.73 bits per heavy atom. The van der Waals surface area contributed by atoms with E-state index in [1.807, 2.05) is 6.08 Å². The van der Waals surface area contributed by atoms with Crippen LogP contribution in [0.2, 0.25) is 0 Å². The summed E-state index contributed by atoms with van der Waals surface area (Å²) in [5, 5.41) is 7.11. The molecule has 0 aliphatic heterocycles. The molecule has 0 radical (unpaired) electrons. The summed E-state index contributed by atoms with van der Waals surface area (Å²) in [5.41, 5.74) is 4.83. The van der Waals surface area contributed by atoms with E-state index < -0.39 is 29.5 Å². The van der Waals surface area contributed by atoms with Gasteiger partial charge in [0.05, 0.1) is 16.8 Å². The first-order chi connectivity index (χ1) is 15.4. The van der Waals surface area contributed by atoms with E-state index in [-0.39, 0.29) is 22.6 Å². The molecule has 0 amide bonds. The van der Waals surface area contributed by atoms with Crippen molar-refractivity contribution in [1.82, 2.24) is 14.6 Å². The van der Waals surface area contributed by atoms with Crippen LogP contribution in [0.15, 0.2) is 36.5 Å². The molecule has 5 nitrogen and oxygen atoms in total. The Bertz CT molecular complexity index is 1210. The highest BCUT2D eigenvalue weighted by Gasteiger charge is 2.33. The maximum atomic E-state index is 13.5. The van der Waals surface area contributed by atoms with Crippen molar-refractivity contribution >= 4 is 22.6 Å². The van der Waals surface area contributed by atoms with E-state index in [4.69, 9.17) is 5.73 Å². The van der Waals surface area contributed by atoms with Crippen LogP contribution in [0.4, 0.5) is 37.7 Å². The first-order valence-electron chi connectivity index (χ1n) is 10.3. The van der Waals surface area contributed by atoms with Gasteiger partial charge in [-0.05, 0) is 68.0 Å². The number of allylic oxidation sites excluding steroid dienone is 2. The smallest absolute Gasteiger partial charge is 0.399 e. The molecule has 1 aliphatic rings. The average Bonchev–Trinajstić information content (AvgIpc) is 3.17. The molecule has 33 heavy (non-hydrogen) atoms. The topological polar surface area (TPSA) is 68.2 Å². The molecule has 176 valence electrons. The van der Waals surface area contributed by atoms with Crippen LogP contribution in [0.3, 0.4) is 0 Å². The zero-order valence-electron chi connectivity index (χ0n) is 17.6. The first kappa shape index (κ1) is 22.9. The van der Waals surface area contributed by atoms with Gasteiger partial charge in [-0.15, -0.1) is 5.10 Å². The fourth-order valence-electron chi connectivity index (χ4n) is 3.83. The van der Waals surface area contributed by atoms with Gasteiger partial charge in [0.2, 0.25) is 0 Å².